The molecule has 0 radical (unpaired) electrons. The molecule has 0 aromatic heterocycles. The minimum Gasteiger partial charge on any atom is -0.496 e. The van der Waals surface area contributed by atoms with E-state index in [9.17, 15) is 0 Å². The van der Waals surface area contributed by atoms with E-state index in [0.29, 0.717) is 0 Å². The molecule has 0 aliphatic heterocycles. The molecule has 0 aliphatic carbocycles. The van der Waals surface area contributed by atoms with Gasteiger partial charge < -0.3 is 10.5 Å². The first-order chi connectivity index (χ1) is 8.54. The molecule has 2 N–H and O–H groups in total. The van der Waals surface area contributed by atoms with Crippen LogP contribution in [0.4, 0.5) is 0 Å². The van der Waals surface area contributed by atoms with Crippen molar-refractivity contribution in [3.63, 3.8) is 0 Å². The Morgan fingerprint density at radius 2 is 1.68 bits per heavy atom. The van der Waals surface area contributed by atoms with Gasteiger partial charge in [-0.1, -0.05) is 38.5 Å². The van der Waals surface area contributed by atoms with Gasteiger partial charge in [0.1, 0.15) is 5.75 Å². The number of benzene rings is 1. The van der Waals surface area contributed by atoms with Gasteiger partial charge in [0, 0.05) is 11.1 Å². The van der Waals surface area contributed by atoms with Crippen LogP contribution in [0.15, 0.2) is 12.1 Å². The maximum absolute atomic E-state index is 6.10. The molecule has 0 amide bonds. The Balaban J connectivity index is 3.20. The monoisotopic (exact) mass is 263 g/mol. The van der Waals surface area contributed by atoms with Gasteiger partial charge in [0.05, 0.1) is 7.11 Å². The van der Waals surface area contributed by atoms with E-state index in [4.69, 9.17) is 10.5 Å². The molecule has 0 spiro atoms. The van der Waals surface area contributed by atoms with E-state index in [-0.39, 0.29) is 11.0 Å². The molecule has 0 fully saturated rings. The Morgan fingerprint density at radius 1 is 1.11 bits per heavy atom. The summed E-state index contributed by atoms with van der Waals surface area (Å²) in [5, 5.41) is 0. The lowest BCUT2D eigenvalue weighted by atomic mass is 9.83. The topological polar surface area (TPSA) is 35.2 Å². The van der Waals surface area contributed by atoms with Crippen molar-refractivity contribution in [2.45, 2.75) is 65.3 Å². The fraction of sp³-hybridized carbons (Fsp3) is 0.647. The number of hydrogen-bond donors (Lipinski definition) is 1. The van der Waals surface area contributed by atoms with E-state index in [1.807, 2.05) is 0 Å². The van der Waals surface area contributed by atoms with Crippen molar-refractivity contribution < 1.29 is 4.74 Å². The smallest absolute Gasteiger partial charge is 0.125 e. The van der Waals surface area contributed by atoms with Gasteiger partial charge in [-0.15, -0.1) is 0 Å². The third kappa shape index (κ3) is 4.54. The van der Waals surface area contributed by atoms with Gasteiger partial charge in [0.25, 0.3) is 0 Å². The van der Waals surface area contributed by atoms with Crippen LogP contribution in [-0.2, 0) is 11.8 Å². The summed E-state index contributed by atoms with van der Waals surface area (Å²) in [6.45, 7) is 13.0. The minimum atomic E-state index is -0.142. The highest BCUT2D eigenvalue weighted by atomic mass is 16.5. The molecule has 0 heterocycles. The van der Waals surface area contributed by atoms with Gasteiger partial charge in [-0.05, 0) is 44.6 Å². The van der Waals surface area contributed by atoms with Crippen molar-refractivity contribution in [1.29, 1.82) is 0 Å². The van der Waals surface area contributed by atoms with Crippen molar-refractivity contribution in [2.75, 3.05) is 7.11 Å². The molecular weight excluding hydrogens is 234 g/mol. The molecule has 2 heteroatoms. The van der Waals surface area contributed by atoms with E-state index >= 15 is 0 Å². The van der Waals surface area contributed by atoms with Crippen molar-refractivity contribution in [2.24, 2.45) is 5.73 Å². The van der Waals surface area contributed by atoms with Crippen LogP contribution in [0.5, 0.6) is 5.75 Å². The first kappa shape index (κ1) is 16.0. The predicted molar refractivity (Wildman–Crippen MR) is 83.0 cm³/mol. The fourth-order valence-electron chi connectivity index (χ4n) is 2.29. The lowest BCUT2D eigenvalue weighted by Crippen LogP contribution is -2.32. The number of rotatable bonds is 4. The summed E-state index contributed by atoms with van der Waals surface area (Å²) in [6, 6.07) is 4.45. The van der Waals surface area contributed by atoms with Gasteiger partial charge >= 0.3 is 0 Å². The minimum absolute atomic E-state index is 0.0876. The summed E-state index contributed by atoms with van der Waals surface area (Å²) < 4.78 is 5.68. The van der Waals surface area contributed by atoms with Crippen LogP contribution in [0.25, 0.3) is 0 Å². The fourth-order valence-corrected chi connectivity index (χ4v) is 2.29. The summed E-state index contributed by atoms with van der Waals surface area (Å²) in [7, 11) is 1.76. The second-order valence-electron chi connectivity index (χ2n) is 7.24. The number of nitrogens with two attached hydrogens (primary N) is 1. The second-order valence-corrected chi connectivity index (χ2v) is 7.24. The van der Waals surface area contributed by atoms with E-state index in [0.717, 1.165) is 18.6 Å². The first-order valence-corrected chi connectivity index (χ1v) is 7.01. The van der Waals surface area contributed by atoms with Crippen molar-refractivity contribution in [3.05, 3.63) is 28.8 Å². The Kier molecular flexibility index (Phi) is 4.67. The molecule has 19 heavy (non-hydrogen) atoms. The van der Waals surface area contributed by atoms with Crippen LogP contribution in [0.1, 0.15) is 57.7 Å². The summed E-state index contributed by atoms with van der Waals surface area (Å²) in [5.74, 6) is 1.03. The number of methoxy groups -OCH3 is 1. The van der Waals surface area contributed by atoms with Crippen LogP contribution in [0.3, 0.4) is 0 Å². The van der Waals surface area contributed by atoms with Crippen LogP contribution >= 0.6 is 0 Å². The normalized spacial score (nSPS) is 12.6. The Hall–Kier alpha value is -1.02. The van der Waals surface area contributed by atoms with Crippen molar-refractivity contribution >= 4 is 0 Å². The second kappa shape index (κ2) is 5.54. The third-order valence-corrected chi connectivity index (χ3v) is 3.36. The van der Waals surface area contributed by atoms with E-state index < -0.39 is 0 Å². The molecule has 1 aromatic rings. The standard InChI is InChI=1S/C17H29NO/c1-12-10-13(8-9-17(5,6)18)15(19-7)14(11-12)16(2,3)4/h10-11H,8-9,18H2,1-7H3. The van der Waals surface area contributed by atoms with Crippen LogP contribution < -0.4 is 10.5 Å². The zero-order chi connectivity index (χ0) is 14.8. The molecule has 0 unspecified atom stereocenters. The highest BCUT2D eigenvalue weighted by Gasteiger charge is 2.22. The maximum atomic E-state index is 6.10. The highest BCUT2D eigenvalue weighted by Crippen LogP contribution is 2.36. The van der Waals surface area contributed by atoms with Crippen LogP contribution in [-0.4, -0.2) is 12.6 Å². The summed E-state index contributed by atoms with van der Waals surface area (Å²) >= 11 is 0. The first-order valence-electron chi connectivity index (χ1n) is 7.01. The third-order valence-electron chi connectivity index (χ3n) is 3.36. The quantitative estimate of drug-likeness (QED) is 0.892. The van der Waals surface area contributed by atoms with E-state index in [1.165, 1.54) is 16.7 Å². The molecule has 108 valence electrons. The molecule has 0 saturated carbocycles. The lowest BCUT2D eigenvalue weighted by molar-refractivity contribution is 0.388. The molecule has 0 bridgehead atoms. The van der Waals surface area contributed by atoms with Gasteiger partial charge in [-0.2, -0.15) is 0 Å². The number of ether oxygens (including phenoxy) is 1. The molecule has 1 aromatic carbocycles. The number of aryl methyl sites for hydroxylation is 2. The van der Waals surface area contributed by atoms with Crippen LogP contribution in [0.2, 0.25) is 0 Å². The largest absolute Gasteiger partial charge is 0.496 e. The average Bonchev–Trinajstić information content (AvgIpc) is 2.23. The van der Waals surface area contributed by atoms with Crippen molar-refractivity contribution in [1.82, 2.24) is 0 Å². The molecule has 0 saturated heterocycles. The molecular formula is C17H29NO. The Bertz CT molecular complexity index is 436. The van der Waals surface area contributed by atoms with Gasteiger partial charge in [0.2, 0.25) is 0 Å². The lowest BCUT2D eigenvalue weighted by Gasteiger charge is -2.26. The molecule has 0 atom stereocenters. The predicted octanol–water partition coefficient (Wildman–Crippen LogP) is 3.97. The highest BCUT2D eigenvalue weighted by molar-refractivity contribution is 5.48. The SMILES string of the molecule is COc1c(CCC(C)(C)N)cc(C)cc1C(C)(C)C. The maximum Gasteiger partial charge on any atom is 0.125 e. The zero-order valence-corrected chi connectivity index (χ0v) is 13.6. The van der Waals surface area contributed by atoms with Gasteiger partial charge in [-0.3, -0.25) is 0 Å². The Labute approximate surface area is 118 Å². The summed E-state index contributed by atoms with van der Waals surface area (Å²) in [5.41, 5.74) is 9.88. The van der Waals surface area contributed by atoms with E-state index in [1.54, 1.807) is 7.11 Å². The zero-order valence-electron chi connectivity index (χ0n) is 13.6. The number of hydrogen-bond acceptors (Lipinski definition) is 2. The van der Waals surface area contributed by atoms with Crippen LogP contribution in [0, 0.1) is 6.92 Å². The summed E-state index contributed by atoms with van der Waals surface area (Å²) in [6.07, 6.45) is 1.91. The van der Waals surface area contributed by atoms with Gasteiger partial charge in [-0.25, -0.2) is 0 Å². The molecule has 2 nitrogen and oxygen atoms in total. The average molecular weight is 263 g/mol. The summed E-state index contributed by atoms with van der Waals surface area (Å²) in [4.78, 5) is 0. The van der Waals surface area contributed by atoms with E-state index in [2.05, 4.69) is 53.7 Å². The molecule has 0 aliphatic rings. The Morgan fingerprint density at radius 3 is 2.11 bits per heavy atom. The molecule has 1 rings (SSSR count). The van der Waals surface area contributed by atoms with Gasteiger partial charge in [0.15, 0.2) is 0 Å². The van der Waals surface area contributed by atoms with Crippen molar-refractivity contribution in [3.8, 4) is 5.75 Å².